The second-order valence-corrected chi connectivity index (χ2v) is 8.28. The van der Waals surface area contributed by atoms with Crippen molar-refractivity contribution in [1.29, 1.82) is 0 Å². The lowest BCUT2D eigenvalue weighted by Gasteiger charge is -2.25. The number of halogens is 1. The summed E-state index contributed by atoms with van der Waals surface area (Å²) in [5.41, 5.74) is 2.04. The molecule has 1 unspecified atom stereocenters. The third-order valence-corrected chi connectivity index (χ3v) is 6.26. The van der Waals surface area contributed by atoms with Gasteiger partial charge in [-0.2, -0.15) is 0 Å². The first-order chi connectivity index (χ1) is 14.1. The van der Waals surface area contributed by atoms with Crippen LogP contribution < -0.4 is 10.2 Å². The van der Waals surface area contributed by atoms with E-state index < -0.39 is 0 Å². The molecule has 1 atom stereocenters. The maximum Gasteiger partial charge on any atom is 0.324 e. The highest BCUT2D eigenvalue weighted by molar-refractivity contribution is 5.94. The summed E-state index contributed by atoms with van der Waals surface area (Å²) in [4.78, 5) is 28.6. The molecule has 30 heavy (non-hydrogen) atoms. The third-order valence-electron chi connectivity index (χ3n) is 6.26. The summed E-state index contributed by atoms with van der Waals surface area (Å²) in [5.74, 6) is 0.494. The molecular weight excluding hydrogens is 402 g/mol. The van der Waals surface area contributed by atoms with Gasteiger partial charge in [0.25, 0.3) is 0 Å². The Morgan fingerprint density at radius 3 is 2.53 bits per heavy atom. The first-order valence-corrected chi connectivity index (χ1v) is 11.1. The molecule has 2 aliphatic heterocycles. The number of hydrogen-bond acceptors (Lipinski definition) is 4. The first kappa shape index (κ1) is 24.5. The van der Waals surface area contributed by atoms with Crippen molar-refractivity contribution in [2.75, 3.05) is 44.7 Å². The van der Waals surface area contributed by atoms with Gasteiger partial charge in [-0.15, -0.1) is 12.4 Å². The minimum atomic E-state index is -0.143. The van der Waals surface area contributed by atoms with Gasteiger partial charge in [0.05, 0.1) is 13.0 Å². The van der Waals surface area contributed by atoms with Crippen LogP contribution >= 0.6 is 12.4 Å². The van der Waals surface area contributed by atoms with Crippen LogP contribution in [-0.4, -0.2) is 56.7 Å². The second-order valence-electron chi connectivity index (χ2n) is 8.28. The summed E-state index contributed by atoms with van der Waals surface area (Å²) in [7, 11) is 1.45. The molecule has 2 fully saturated rings. The molecule has 2 saturated heterocycles. The number of piperidine rings is 1. The lowest BCUT2D eigenvalue weighted by atomic mass is 9.94. The number of carbonyl (C=O) groups excluding carboxylic acids is 2. The summed E-state index contributed by atoms with van der Waals surface area (Å²) in [6.07, 6.45) is 6.00. The van der Waals surface area contributed by atoms with E-state index in [9.17, 15) is 9.59 Å². The molecule has 1 N–H and O–H groups in total. The van der Waals surface area contributed by atoms with Crippen molar-refractivity contribution in [2.45, 2.75) is 45.4 Å². The van der Waals surface area contributed by atoms with Gasteiger partial charge in [0, 0.05) is 25.3 Å². The van der Waals surface area contributed by atoms with Gasteiger partial charge < -0.3 is 15.0 Å². The fourth-order valence-electron chi connectivity index (χ4n) is 4.45. The SMILES string of the molecule is CCCC(Cc1ccc(N2CCN(CCC3CCNCC3)C2=O)cc1)C(=O)OC.Cl. The lowest BCUT2D eigenvalue weighted by molar-refractivity contribution is -0.145. The van der Waals surface area contributed by atoms with E-state index in [4.69, 9.17) is 4.74 Å². The maximum atomic E-state index is 12.8. The number of nitrogens with zero attached hydrogens (tertiary/aromatic N) is 2. The van der Waals surface area contributed by atoms with Crippen molar-refractivity contribution < 1.29 is 14.3 Å². The highest BCUT2D eigenvalue weighted by Crippen LogP contribution is 2.24. The third kappa shape index (κ3) is 6.35. The number of nitrogens with one attached hydrogen (secondary N) is 1. The number of amides is 2. The molecule has 1 aromatic carbocycles. The molecule has 1 aromatic rings. The van der Waals surface area contributed by atoms with Crippen LogP contribution in [0.25, 0.3) is 0 Å². The van der Waals surface area contributed by atoms with Crippen molar-refractivity contribution in [3.8, 4) is 0 Å². The Morgan fingerprint density at radius 1 is 1.20 bits per heavy atom. The molecule has 3 rings (SSSR count). The van der Waals surface area contributed by atoms with Crippen molar-refractivity contribution >= 4 is 30.1 Å². The molecule has 2 amide bonds. The molecule has 6 nitrogen and oxygen atoms in total. The molecule has 0 bridgehead atoms. The molecule has 2 aliphatic rings. The number of benzene rings is 1. The van der Waals surface area contributed by atoms with Crippen LogP contribution in [0.5, 0.6) is 0 Å². The molecule has 7 heteroatoms. The number of hydrogen-bond donors (Lipinski definition) is 1. The Morgan fingerprint density at radius 2 is 1.90 bits per heavy atom. The van der Waals surface area contributed by atoms with Gasteiger partial charge in [-0.1, -0.05) is 25.5 Å². The fraction of sp³-hybridized carbons (Fsp3) is 0.652. The van der Waals surface area contributed by atoms with Crippen molar-refractivity contribution in [3.63, 3.8) is 0 Å². The van der Waals surface area contributed by atoms with E-state index in [0.717, 1.165) is 69.2 Å². The van der Waals surface area contributed by atoms with Crippen LogP contribution in [0.3, 0.4) is 0 Å². The van der Waals surface area contributed by atoms with Gasteiger partial charge in [0.1, 0.15) is 0 Å². The smallest absolute Gasteiger partial charge is 0.324 e. The Kier molecular flexibility index (Phi) is 9.92. The molecular formula is C23H36ClN3O3. The Hall–Kier alpha value is -1.79. The van der Waals surface area contributed by atoms with E-state index in [1.165, 1.54) is 20.0 Å². The summed E-state index contributed by atoms with van der Waals surface area (Å²) < 4.78 is 4.93. The van der Waals surface area contributed by atoms with Crippen LogP contribution in [-0.2, 0) is 16.0 Å². The molecule has 0 radical (unpaired) electrons. The zero-order valence-corrected chi connectivity index (χ0v) is 19.1. The molecule has 0 aromatic heterocycles. The fourth-order valence-corrected chi connectivity index (χ4v) is 4.45. The number of methoxy groups -OCH3 is 1. The maximum absolute atomic E-state index is 12.8. The average Bonchev–Trinajstić information content (AvgIpc) is 3.13. The van der Waals surface area contributed by atoms with E-state index >= 15 is 0 Å². The van der Waals surface area contributed by atoms with Gasteiger partial charge in [0.2, 0.25) is 0 Å². The topological polar surface area (TPSA) is 61.9 Å². The quantitative estimate of drug-likeness (QED) is 0.595. The summed E-state index contributed by atoms with van der Waals surface area (Å²) in [5, 5.41) is 3.40. The van der Waals surface area contributed by atoms with E-state index in [-0.39, 0.29) is 30.3 Å². The normalized spacial score (nSPS) is 18.3. The van der Waals surface area contributed by atoms with E-state index in [1.807, 2.05) is 34.1 Å². The van der Waals surface area contributed by atoms with Gasteiger partial charge in [-0.3, -0.25) is 9.69 Å². The largest absolute Gasteiger partial charge is 0.469 e. The van der Waals surface area contributed by atoms with Crippen LogP contribution in [0.1, 0.15) is 44.6 Å². The standard InChI is InChI=1S/C23H35N3O3.ClH/c1-3-4-20(22(27)29-2)17-19-5-7-21(8-6-19)26-16-15-25(23(26)28)14-11-18-9-12-24-13-10-18;/h5-8,18,20,24H,3-4,9-17H2,1-2H3;1H. The van der Waals surface area contributed by atoms with Crippen molar-refractivity contribution in [3.05, 3.63) is 29.8 Å². The van der Waals surface area contributed by atoms with Crippen LogP contribution in [0.4, 0.5) is 10.5 Å². The summed E-state index contributed by atoms with van der Waals surface area (Å²) in [6, 6.07) is 8.19. The van der Waals surface area contributed by atoms with Gasteiger partial charge in [0.15, 0.2) is 0 Å². The highest BCUT2D eigenvalue weighted by Gasteiger charge is 2.30. The monoisotopic (exact) mass is 437 g/mol. The van der Waals surface area contributed by atoms with E-state index in [0.29, 0.717) is 6.42 Å². The summed E-state index contributed by atoms with van der Waals surface area (Å²) >= 11 is 0. The number of esters is 1. The average molecular weight is 438 g/mol. The van der Waals surface area contributed by atoms with Crippen molar-refractivity contribution in [1.82, 2.24) is 10.2 Å². The number of rotatable bonds is 9. The van der Waals surface area contributed by atoms with Crippen LogP contribution in [0, 0.1) is 11.8 Å². The Labute approximate surface area is 186 Å². The Bertz CT molecular complexity index is 677. The predicted octanol–water partition coefficient (Wildman–Crippen LogP) is 3.87. The minimum Gasteiger partial charge on any atom is -0.469 e. The van der Waals surface area contributed by atoms with Crippen molar-refractivity contribution in [2.24, 2.45) is 11.8 Å². The van der Waals surface area contributed by atoms with E-state index in [2.05, 4.69) is 12.2 Å². The molecule has 168 valence electrons. The number of ether oxygens (including phenoxy) is 1. The van der Waals surface area contributed by atoms with E-state index in [1.54, 1.807) is 0 Å². The number of carbonyl (C=O) groups is 2. The molecule has 2 heterocycles. The molecule has 0 aliphatic carbocycles. The number of anilines is 1. The van der Waals surface area contributed by atoms with Gasteiger partial charge >= 0.3 is 12.0 Å². The Balaban J connectivity index is 0.00000320. The minimum absolute atomic E-state index is 0. The second kappa shape index (κ2) is 12.2. The van der Waals surface area contributed by atoms with Crippen LogP contribution in [0.15, 0.2) is 24.3 Å². The first-order valence-electron chi connectivity index (χ1n) is 11.1. The highest BCUT2D eigenvalue weighted by atomic mass is 35.5. The summed E-state index contributed by atoms with van der Waals surface area (Å²) in [6.45, 7) is 6.68. The number of urea groups is 1. The van der Waals surface area contributed by atoms with Gasteiger partial charge in [-0.25, -0.2) is 4.79 Å². The zero-order chi connectivity index (χ0) is 20.6. The molecule has 0 spiro atoms. The predicted molar refractivity (Wildman–Crippen MR) is 122 cm³/mol. The molecule has 0 saturated carbocycles. The zero-order valence-electron chi connectivity index (χ0n) is 18.3. The van der Waals surface area contributed by atoms with Gasteiger partial charge in [-0.05, 0) is 68.8 Å². The lowest BCUT2D eigenvalue weighted by Crippen LogP contribution is -2.34. The van der Waals surface area contributed by atoms with Crippen LogP contribution in [0.2, 0.25) is 0 Å².